The zero-order valence-corrected chi connectivity index (χ0v) is 17.3. The summed E-state index contributed by atoms with van der Waals surface area (Å²) in [7, 11) is 1.75. The molecule has 156 valence electrons. The Morgan fingerprint density at radius 2 is 2.00 bits per heavy atom. The number of benzene rings is 2. The number of halogens is 2. The second kappa shape index (κ2) is 8.44. The van der Waals surface area contributed by atoms with Crippen molar-refractivity contribution < 1.29 is 9.18 Å². The van der Waals surface area contributed by atoms with Gasteiger partial charge in [0, 0.05) is 30.7 Å². The average molecular weight is 429 g/mol. The maximum absolute atomic E-state index is 14.2. The van der Waals surface area contributed by atoms with Crippen molar-refractivity contribution in [2.75, 3.05) is 7.05 Å². The quantitative estimate of drug-likeness (QED) is 0.625. The van der Waals surface area contributed by atoms with Crippen molar-refractivity contribution in [2.45, 2.75) is 38.4 Å². The van der Waals surface area contributed by atoms with Crippen molar-refractivity contribution >= 4 is 17.5 Å². The molecule has 4 rings (SSSR count). The molecule has 30 heavy (non-hydrogen) atoms. The van der Waals surface area contributed by atoms with E-state index in [4.69, 9.17) is 11.6 Å². The molecular weight excluding hydrogens is 407 g/mol. The summed E-state index contributed by atoms with van der Waals surface area (Å²) in [6.45, 7) is 0.891. The van der Waals surface area contributed by atoms with Crippen LogP contribution in [-0.2, 0) is 24.4 Å². The monoisotopic (exact) mass is 428 g/mol. The number of carbonyl (C=O) groups is 1. The Labute approximate surface area is 178 Å². The molecule has 1 atom stereocenters. The highest BCUT2D eigenvalue weighted by Gasteiger charge is 2.33. The fourth-order valence-corrected chi connectivity index (χ4v) is 4.10. The Morgan fingerprint density at radius 1 is 1.23 bits per heavy atom. The van der Waals surface area contributed by atoms with Gasteiger partial charge in [-0.05, 0) is 30.5 Å². The molecule has 1 aliphatic heterocycles. The van der Waals surface area contributed by atoms with Crippen molar-refractivity contribution in [3.63, 3.8) is 0 Å². The van der Waals surface area contributed by atoms with E-state index in [0.717, 1.165) is 5.56 Å². The van der Waals surface area contributed by atoms with Crippen LogP contribution < -0.4 is 5.69 Å². The normalized spacial score (nSPS) is 15.6. The number of fused-ring (bicyclic) bond motifs is 1. The molecule has 1 aliphatic rings. The van der Waals surface area contributed by atoms with Gasteiger partial charge in [0.05, 0.1) is 12.5 Å². The van der Waals surface area contributed by atoms with Gasteiger partial charge >= 0.3 is 5.69 Å². The Morgan fingerprint density at radius 3 is 2.73 bits per heavy atom. The molecule has 1 amide bonds. The first-order valence-electron chi connectivity index (χ1n) is 9.85. The van der Waals surface area contributed by atoms with Crippen molar-refractivity contribution in [1.29, 1.82) is 0 Å². The van der Waals surface area contributed by atoms with Gasteiger partial charge in [0.15, 0.2) is 0 Å². The van der Waals surface area contributed by atoms with Gasteiger partial charge in [-0.3, -0.25) is 9.36 Å². The predicted molar refractivity (Wildman–Crippen MR) is 112 cm³/mol. The lowest BCUT2D eigenvalue weighted by molar-refractivity contribution is -0.132. The van der Waals surface area contributed by atoms with Gasteiger partial charge in [0.1, 0.15) is 11.6 Å². The zero-order valence-electron chi connectivity index (χ0n) is 16.6. The Hall–Kier alpha value is -2.93. The number of hydrogen-bond donors (Lipinski definition) is 0. The van der Waals surface area contributed by atoms with Gasteiger partial charge in [-0.1, -0.05) is 48.0 Å². The highest BCUT2D eigenvalue weighted by atomic mass is 35.5. The van der Waals surface area contributed by atoms with E-state index >= 15 is 0 Å². The second-order valence-electron chi connectivity index (χ2n) is 7.52. The van der Waals surface area contributed by atoms with E-state index in [9.17, 15) is 14.0 Å². The maximum Gasteiger partial charge on any atom is 0.346 e. The highest BCUT2D eigenvalue weighted by molar-refractivity contribution is 6.31. The Kier molecular flexibility index (Phi) is 5.72. The van der Waals surface area contributed by atoms with Crippen molar-refractivity contribution in [1.82, 2.24) is 19.2 Å². The highest BCUT2D eigenvalue weighted by Crippen LogP contribution is 2.27. The summed E-state index contributed by atoms with van der Waals surface area (Å²) in [6.07, 6.45) is 1.32. The van der Waals surface area contributed by atoms with Crippen molar-refractivity contribution in [3.05, 3.63) is 86.8 Å². The maximum atomic E-state index is 14.2. The minimum absolute atomic E-state index is 0.0783. The fourth-order valence-electron chi connectivity index (χ4n) is 3.88. The predicted octanol–water partition coefficient (Wildman–Crippen LogP) is 3.42. The molecule has 0 N–H and O–H groups in total. The number of nitrogens with zero attached hydrogens (tertiary/aromatic N) is 4. The van der Waals surface area contributed by atoms with E-state index in [-0.39, 0.29) is 28.7 Å². The summed E-state index contributed by atoms with van der Waals surface area (Å²) in [5.74, 6) is -0.641. The molecule has 0 fully saturated rings. The molecule has 6 nitrogen and oxygen atoms in total. The molecule has 0 aliphatic carbocycles. The summed E-state index contributed by atoms with van der Waals surface area (Å²) in [5, 5.41) is 4.65. The van der Waals surface area contributed by atoms with Gasteiger partial charge in [0.2, 0.25) is 5.91 Å². The van der Waals surface area contributed by atoms with E-state index in [2.05, 4.69) is 5.10 Å². The molecule has 0 spiro atoms. The lowest BCUT2D eigenvalue weighted by atomic mass is 9.97. The van der Waals surface area contributed by atoms with Gasteiger partial charge < -0.3 is 4.90 Å². The summed E-state index contributed by atoms with van der Waals surface area (Å²) in [5.41, 5.74) is 0.884. The van der Waals surface area contributed by atoms with Crippen LogP contribution >= 0.6 is 11.6 Å². The van der Waals surface area contributed by atoms with E-state index in [1.165, 1.54) is 21.4 Å². The number of aromatic nitrogens is 3. The third-order valence-corrected chi connectivity index (χ3v) is 5.80. The topological polar surface area (TPSA) is 60.1 Å². The van der Waals surface area contributed by atoms with Crippen molar-refractivity contribution in [2.24, 2.45) is 0 Å². The van der Waals surface area contributed by atoms with Gasteiger partial charge in [0.25, 0.3) is 0 Å². The number of likely N-dealkylation sites (N-methyl/N-ethyl adjacent to an activating group) is 1. The molecule has 0 bridgehead atoms. The molecule has 0 saturated heterocycles. The van der Waals surface area contributed by atoms with Crippen LogP contribution in [0.15, 0.2) is 53.3 Å². The lowest BCUT2D eigenvalue weighted by Gasteiger charge is -2.26. The lowest BCUT2D eigenvalue weighted by Crippen LogP contribution is -2.36. The third-order valence-electron chi connectivity index (χ3n) is 5.44. The number of rotatable bonds is 5. The van der Waals surface area contributed by atoms with Crippen LogP contribution in [0, 0.1) is 5.82 Å². The average Bonchev–Trinajstić information content (AvgIpc) is 3.06. The molecule has 8 heteroatoms. The summed E-state index contributed by atoms with van der Waals surface area (Å²) in [4.78, 5) is 27.6. The van der Waals surface area contributed by atoms with Crippen molar-refractivity contribution in [3.8, 4) is 0 Å². The van der Waals surface area contributed by atoms with Gasteiger partial charge in [-0.15, -0.1) is 0 Å². The smallest absolute Gasteiger partial charge is 0.341 e. The summed E-state index contributed by atoms with van der Waals surface area (Å²) in [6, 6.07) is 14.1. The Balaban J connectivity index is 1.60. The van der Waals surface area contributed by atoms with Gasteiger partial charge in [-0.25, -0.2) is 13.9 Å². The SMILES string of the molecule is CN(Cc1ccccc1)C(=O)C1CCCn2c1nn(Cc1c(F)cccc1Cl)c2=O. The largest absolute Gasteiger partial charge is 0.346 e. The van der Waals surface area contributed by atoms with Gasteiger partial charge in [-0.2, -0.15) is 5.10 Å². The molecule has 2 heterocycles. The first kappa shape index (κ1) is 20.3. The van der Waals surface area contributed by atoms with Crippen LogP contribution in [0.2, 0.25) is 5.02 Å². The molecule has 0 radical (unpaired) electrons. The molecule has 1 unspecified atom stereocenters. The number of hydrogen-bond acceptors (Lipinski definition) is 3. The van der Waals surface area contributed by atoms with E-state index in [1.807, 2.05) is 30.3 Å². The number of carbonyl (C=O) groups excluding carboxylic acids is 1. The molecule has 2 aromatic carbocycles. The van der Waals surface area contributed by atoms with E-state index in [1.54, 1.807) is 18.0 Å². The van der Waals surface area contributed by atoms with Crippen LogP contribution in [-0.4, -0.2) is 32.2 Å². The molecular formula is C22H22ClFN4O2. The zero-order chi connectivity index (χ0) is 21.3. The van der Waals surface area contributed by atoms with Crippen LogP contribution in [0.3, 0.4) is 0 Å². The van der Waals surface area contributed by atoms with E-state index < -0.39 is 11.7 Å². The van der Waals surface area contributed by atoms with Crippen LogP contribution in [0.5, 0.6) is 0 Å². The van der Waals surface area contributed by atoms with E-state index in [0.29, 0.717) is 31.8 Å². The standard InChI is InChI=1S/C22H22ClFN4O2/c1-26(13-15-7-3-2-4-8-15)21(29)16-9-6-12-27-20(16)25-28(22(27)30)14-17-18(23)10-5-11-19(17)24/h2-5,7-8,10-11,16H,6,9,12-14H2,1H3. The van der Waals surface area contributed by atoms with Crippen LogP contribution in [0.1, 0.15) is 35.7 Å². The molecule has 0 saturated carbocycles. The summed E-state index contributed by atoms with van der Waals surface area (Å²) >= 11 is 6.11. The minimum Gasteiger partial charge on any atom is -0.341 e. The number of amides is 1. The third kappa shape index (κ3) is 3.89. The first-order valence-corrected chi connectivity index (χ1v) is 10.2. The summed E-state index contributed by atoms with van der Waals surface area (Å²) < 4.78 is 16.9. The molecule has 1 aromatic heterocycles. The minimum atomic E-state index is -0.502. The Bertz CT molecular complexity index is 1110. The van der Waals surface area contributed by atoms with Crippen LogP contribution in [0.4, 0.5) is 4.39 Å². The fraction of sp³-hybridized carbons (Fsp3) is 0.318. The van der Waals surface area contributed by atoms with Crippen LogP contribution in [0.25, 0.3) is 0 Å². The second-order valence-corrected chi connectivity index (χ2v) is 7.93. The first-order chi connectivity index (χ1) is 14.5. The molecule has 3 aromatic rings.